The maximum Gasteiger partial charge on any atom is 0.658 e. The molecule has 0 aliphatic rings. The van der Waals surface area contributed by atoms with Crippen molar-refractivity contribution in [3.63, 3.8) is 0 Å². The van der Waals surface area contributed by atoms with Gasteiger partial charge in [-0.25, -0.2) is 18.4 Å². The van der Waals surface area contributed by atoms with E-state index in [0.29, 0.717) is 0 Å². The highest BCUT2D eigenvalue weighted by Crippen LogP contribution is 2.19. The largest absolute Gasteiger partial charge is 0.658 e. The molecule has 25 heavy (non-hydrogen) atoms. The molecule has 2 rings (SSSR count). The number of methoxy groups -OCH3 is 2. The van der Waals surface area contributed by atoms with E-state index in [1.165, 1.54) is 24.3 Å². The molecule has 0 heterocycles. The van der Waals surface area contributed by atoms with Crippen LogP contribution < -0.4 is 9.31 Å². The fourth-order valence-electron chi connectivity index (χ4n) is 1.82. The van der Waals surface area contributed by atoms with Gasteiger partial charge in [0.1, 0.15) is 23.1 Å². The van der Waals surface area contributed by atoms with E-state index in [1.807, 2.05) is 0 Å². The molecule has 0 amide bonds. The second kappa shape index (κ2) is 8.14. The van der Waals surface area contributed by atoms with Crippen LogP contribution >= 0.6 is 0 Å². The Morgan fingerprint density at radius 1 is 0.800 bits per heavy atom. The normalized spacial score (nSPS) is 9.92. The van der Waals surface area contributed by atoms with E-state index in [4.69, 9.17) is 9.31 Å². The Morgan fingerprint density at radius 3 is 1.52 bits per heavy atom. The summed E-state index contributed by atoms with van der Waals surface area (Å²) in [7, 11) is 3.12. The van der Waals surface area contributed by atoms with Crippen LogP contribution in [-0.4, -0.2) is 33.8 Å². The molecule has 9 heteroatoms. The summed E-state index contributed by atoms with van der Waals surface area (Å²) in [4.78, 5) is 22.5. The lowest BCUT2D eigenvalue weighted by Crippen LogP contribution is -2.12. The Bertz CT molecular complexity index is 731. The first-order valence-corrected chi connectivity index (χ1v) is 6.87. The second-order valence-corrected chi connectivity index (χ2v) is 4.60. The third-order valence-electron chi connectivity index (χ3n) is 3.06. The van der Waals surface area contributed by atoms with Crippen molar-refractivity contribution >= 4 is 19.6 Å². The van der Waals surface area contributed by atoms with E-state index in [1.54, 1.807) is 0 Å². The van der Waals surface area contributed by atoms with Crippen LogP contribution in [0.15, 0.2) is 36.4 Å². The minimum absolute atomic E-state index is 0.0526. The number of halogens is 2. The van der Waals surface area contributed by atoms with Gasteiger partial charge in [0.15, 0.2) is 0 Å². The molecule has 0 unspecified atom stereocenters. The van der Waals surface area contributed by atoms with Gasteiger partial charge in [-0.3, -0.25) is 0 Å². The van der Waals surface area contributed by atoms with Crippen LogP contribution in [0.2, 0.25) is 0 Å². The fraction of sp³-hybridized carbons (Fsp3) is 0.125. The zero-order chi connectivity index (χ0) is 18.4. The van der Waals surface area contributed by atoms with E-state index in [9.17, 15) is 18.4 Å². The van der Waals surface area contributed by atoms with Gasteiger partial charge in [-0.2, -0.15) is 0 Å². The van der Waals surface area contributed by atoms with Gasteiger partial charge in [0.2, 0.25) is 0 Å². The molecule has 6 nitrogen and oxygen atoms in total. The molecule has 0 spiro atoms. The van der Waals surface area contributed by atoms with Crippen molar-refractivity contribution in [3.05, 3.63) is 59.2 Å². The van der Waals surface area contributed by atoms with Crippen LogP contribution in [0, 0.1) is 11.6 Å². The quantitative estimate of drug-likeness (QED) is 0.590. The van der Waals surface area contributed by atoms with Gasteiger partial charge < -0.3 is 18.8 Å². The molecule has 2 aromatic carbocycles. The molecule has 129 valence electrons. The van der Waals surface area contributed by atoms with Crippen molar-refractivity contribution in [2.24, 2.45) is 0 Å². The molecule has 0 saturated heterocycles. The highest BCUT2D eigenvalue weighted by atomic mass is 19.1. The topological polar surface area (TPSA) is 71.1 Å². The molecular weight excluding hydrogens is 337 g/mol. The SMILES string of the molecule is COC(=O)c1ccc(O[B]Oc2ccc(C(=O)OC)c(F)c2)cc1F. The molecule has 2 aromatic rings. The predicted molar refractivity (Wildman–Crippen MR) is 82.5 cm³/mol. The first-order chi connectivity index (χ1) is 12.0. The van der Waals surface area contributed by atoms with Crippen LogP contribution in [0.3, 0.4) is 0 Å². The highest BCUT2D eigenvalue weighted by molar-refractivity contribution is 6.20. The van der Waals surface area contributed by atoms with Crippen molar-refractivity contribution in [1.82, 2.24) is 0 Å². The number of carbonyl (C=O) groups excluding carboxylic acids is 2. The predicted octanol–water partition coefficient (Wildman–Crippen LogP) is 2.53. The third kappa shape index (κ3) is 4.47. The third-order valence-corrected chi connectivity index (χ3v) is 3.06. The Balaban J connectivity index is 1.97. The molecule has 0 fully saturated rings. The zero-order valence-electron chi connectivity index (χ0n) is 13.2. The first-order valence-electron chi connectivity index (χ1n) is 6.87. The maximum absolute atomic E-state index is 13.7. The molecule has 0 aromatic heterocycles. The summed E-state index contributed by atoms with van der Waals surface area (Å²) in [6.45, 7) is 0. The monoisotopic (exact) mass is 349 g/mol. The van der Waals surface area contributed by atoms with Crippen molar-refractivity contribution in [2.45, 2.75) is 0 Å². The number of rotatable bonds is 6. The van der Waals surface area contributed by atoms with E-state index < -0.39 is 23.6 Å². The number of hydrogen-bond acceptors (Lipinski definition) is 6. The van der Waals surface area contributed by atoms with E-state index in [-0.39, 0.29) is 22.6 Å². The average molecular weight is 349 g/mol. The van der Waals surface area contributed by atoms with Crippen LogP contribution in [0.4, 0.5) is 8.78 Å². The van der Waals surface area contributed by atoms with Crippen molar-refractivity contribution in [3.8, 4) is 11.5 Å². The summed E-state index contributed by atoms with van der Waals surface area (Å²) in [5, 5.41) is 0. The lowest BCUT2D eigenvalue weighted by molar-refractivity contribution is 0.0586. The summed E-state index contributed by atoms with van der Waals surface area (Å²) < 4.78 is 46.4. The maximum atomic E-state index is 13.7. The van der Waals surface area contributed by atoms with Crippen LogP contribution in [0.5, 0.6) is 11.5 Å². The number of ether oxygens (including phenoxy) is 2. The highest BCUT2D eigenvalue weighted by Gasteiger charge is 2.15. The lowest BCUT2D eigenvalue weighted by atomic mass is 10.2. The summed E-state index contributed by atoms with van der Waals surface area (Å²) in [5.74, 6) is -3.18. The second-order valence-electron chi connectivity index (χ2n) is 4.60. The van der Waals surface area contributed by atoms with Crippen LogP contribution in [-0.2, 0) is 9.47 Å². The fourth-order valence-corrected chi connectivity index (χ4v) is 1.82. The van der Waals surface area contributed by atoms with Crippen molar-refractivity contribution in [1.29, 1.82) is 0 Å². The van der Waals surface area contributed by atoms with Gasteiger partial charge in [0.25, 0.3) is 0 Å². The van der Waals surface area contributed by atoms with E-state index in [2.05, 4.69) is 9.47 Å². The van der Waals surface area contributed by atoms with Crippen LogP contribution in [0.1, 0.15) is 20.7 Å². The van der Waals surface area contributed by atoms with E-state index in [0.717, 1.165) is 34.0 Å². The Hall–Kier alpha value is -3.10. The molecule has 0 atom stereocenters. The summed E-state index contributed by atoms with van der Waals surface area (Å²) in [5.41, 5.74) is -0.479. The molecular formula is C16H12BF2O6. The number of esters is 2. The van der Waals surface area contributed by atoms with Gasteiger partial charge in [0.05, 0.1) is 25.3 Å². The Morgan fingerprint density at radius 2 is 1.20 bits per heavy atom. The molecule has 1 radical (unpaired) electrons. The lowest BCUT2D eigenvalue weighted by Gasteiger charge is -2.09. The van der Waals surface area contributed by atoms with Crippen molar-refractivity contribution in [2.75, 3.05) is 14.2 Å². The first kappa shape index (κ1) is 18.2. The molecule has 0 saturated carbocycles. The molecule has 0 bridgehead atoms. The minimum Gasteiger partial charge on any atom is -0.526 e. The molecule has 0 N–H and O–H groups in total. The number of carbonyl (C=O) groups is 2. The van der Waals surface area contributed by atoms with Gasteiger partial charge in [0, 0.05) is 12.1 Å². The summed E-state index contributed by atoms with van der Waals surface area (Å²) >= 11 is 0. The van der Waals surface area contributed by atoms with Crippen LogP contribution in [0.25, 0.3) is 0 Å². The summed E-state index contributed by atoms with van der Waals surface area (Å²) in [6, 6.07) is 6.97. The van der Waals surface area contributed by atoms with Gasteiger partial charge in [-0.15, -0.1) is 0 Å². The Kier molecular flexibility index (Phi) is 5.94. The van der Waals surface area contributed by atoms with E-state index >= 15 is 0 Å². The van der Waals surface area contributed by atoms with Gasteiger partial charge in [-0.1, -0.05) is 0 Å². The number of benzene rings is 2. The van der Waals surface area contributed by atoms with Gasteiger partial charge >= 0.3 is 19.6 Å². The molecule has 0 aliphatic heterocycles. The number of hydrogen-bond donors (Lipinski definition) is 0. The van der Waals surface area contributed by atoms with Crippen molar-refractivity contribution < 1.29 is 37.2 Å². The average Bonchev–Trinajstić information content (AvgIpc) is 2.60. The standard InChI is InChI=1S/C16H12BF2O6/c1-22-15(20)11-5-3-9(7-13(11)18)24-17-25-10-4-6-12(14(19)8-10)16(21)23-2/h3-8H,1-2H3. The zero-order valence-corrected chi connectivity index (χ0v) is 13.2. The molecule has 0 aliphatic carbocycles. The summed E-state index contributed by atoms with van der Waals surface area (Å²) in [6.07, 6.45) is 0. The van der Waals surface area contributed by atoms with Gasteiger partial charge in [-0.05, 0) is 24.3 Å². The minimum atomic E-state index is -0.828. The smallest absolute Gasteiger partial charge is 0.526 e. The Labute approximate surface area is 142 Å².